The van der Waals surface area contributed by atoms with Crippen LogP contribution in [0.4, 0.5) is 11.4 Å². The maximum atomic E-state index is 12.5. The number of likely N-dealkylation sites (tertiary alicyclic amines) is 1. The molecular weight excluding hydrogens is 338 g/mol. The van der Waals surface area contributed by atoms with Gasteiger partial charge in [0.25, 0.3) is 0 Å². The second-order valence-corrected chi connectivity index (χ2v) is 7.24. The summed E-state index contributed by atoms with van der Waals surface area (Å²) < 4.78 is 0. The van der Waals surface area contributed by atoms with Crippen molar-refractivity contribution in [2.75, 3.05) is 30.3 Å². The molecule has 5 heteroatoms. The van der Waals surface area contributed by atoms with E-state index in [4.69, 9.17) is 0 Å². The summed E-state index contributed by atoms with van der Waals surface area (Å²) in [6, 6.07) is 15.5. The average Bonchev–Trinajstić information content (AvgIpc) is 2.66. The van der Waals surface area contributed by atoms with E-state index in [-0.39, 0.29) is 17.7 Å². The molecule has 1 saturated heterocycles. The molecule has 0 aromatic heterocycles. The molecule has 2 N–H and O–H groups in total. The van der Waals surface area contributed by atoms with Crippen LogP contribution in [0.1, 0.15) is 24.0 Å². The first-order valence-corrected chi connectivity index (χ1v) is 9.47. The van der Waals surface area contributed by atoms with Crippen LogP contribution in [-0.4, -0.2) is 36.3 Å². The predicted molar refractivity (Wildman–Crippen MR) is 109 cm³/mol. The number of para-hydroxylation sites is 2. The lowest BCUT2D eigenvalue weighted by Gasteiger charge is -2.31. The monoisotopic (exact) mass is 365 g/mol. The smallest absolute Gasteiger partial charge is 0.238 e. The number of piperidine rings is 1. The first-order chi connectivity index (χ1) is 13.0. The Labute approximate surface area is 160 Å². The summed E-state index contributed by atoms with van der Waals surface area (Å²) in [6.07, 6.45) is 1.78. The Morgan fingerprint density at radius 2 is 1.70 bits per heavy atom. The Bertz CT molecular complexity index is 784. The molecule has 2 amide bonds. The molecule has 27 heavy (non-hydrogen) atoms. The quantitative estimate of drug-likeness (QED) is 0.851. The molecule has 2 aromatic carbocycles. The minimum absolute atomic E-state index is 0.0288. The van der Waals surface area contributed by atoms with Crippen molar-refractivity contribution in [2.24, 2.45) is 5.92 Å². The van der Waals surface area contributed by atoms with E-state index in [0.717, 1.165) is 41.9 Å². The van der Waals surface area contributed by atoms with Gasteiger partial charge in [-0.25, -0.2) is 0 Å². The minimum atomic E-state index is -0.0908. The topological polar surface area (TPSA) is 61.4 Å². The van der Waals surface area contributed by atoms with Gasteiger partial charge in [-0.05, 0) is 56.5 Å². The van der Waals surface area contributed by atoms with E-state index in [0.29, 0.717) is 13.1 Å². The van der Waals surface area contributed by atoms with Crippen molar-refractivity contribution in [2.45, 2.75) is 26.7 Å². The van der Waals surface area contributed by atoms with Gasteiger partial charge < -0.3 is 10.6 Å². The SMILES string of the molecule is Cc1cccc(C)c1NC(=O)CN1CCCC(C(=O)Nc2ccccc2)C1. The van der Waals surface area contributed by atoms with Crippen LogP contribution in [0.25, 0.3) is 0 Å². The normalized spacial score (nSPS) is 17.3. The number of hydrogen-bond acceptors (Lipinski definition) is 3. The van der Waals surface area contributed by atoms with Crippen molar-refractivity contribution in [1.29, 1.82) is 0 Å². The second-order valence-electron chi connectivity index (χ2n) is 7.24. The summed E-state index contributed by atoms with van der Waals surface area (Å²) in [5.41, 5.74) is 3.81. The molecule has 0 bridgehead atoms. The van der Waals surface area contributed by atoms with E-state index in [9.17, 15) is 9.59 Å². The molecule has 0 saturated carbocycles. The number of carbonyl (C=O) groups is 2. The van der Waals surface area contributed by atoms with Gasteiger partial charge in [-0.1, -0.05) is 36.4 Å². The number of anilines is 2. The van der Waals surface area contributed by atoms with Crippen LogP contribution in [0.5, 0.6) is 0 Å². The van der Waals surface area contributed by atoms with E-state index in [2.05, 4.69) is 15.5 Å². The Morgan fingerprint density at radius 1 is 1.00 bits per heavy atom. The Hall–Kier alpha value is -2.66. The minimum Gasteiger partial charge on any atom is -0.326 e. The Morgan fingerprint density at radius 3 is 2.41 bits per heavy atom. The van der Waals surface area contributed by atoms with Crippen LogP contribution < -0.4 is 10.6 Å². The number of aryl methyl sites for hydroxylation is 2. The number of rotatable bonds is 5. The first kappa shape index (κ1) is 19.1. The highest BCUT2D eigenvalue weighted by Crippen LogP contribution is 2.21. The molecule has 0 aliphatic carbocycles. The summed E-state index contributed by atoms with van der Waals surface area (Å²) >= 11 is 0. The van der Waals surface area contributed by atoms with Gasteiger partial charge in [0.05, 0.1) is 12.5 Å². The fraction of sp³-hybridized carbons (Fsp3) is 0.364. The lowest BCUT2D eigenvalue weighted by Crippen LogP contribution is -2.44. The van der Waals surface area contributed by atoms with Crippen LogP contribution in [0, 0.1) is 19.8 Å². The van der Waals surface area contributed by atoms with E-state index in [1.165, 1.54) is 0 Å². The molecule has 1 aliphatic rings. The zero-order chi connectivity index (χ0) is 19.2. The summed E-state index contributed by atoms with van der Waals surface area (Å²) in [5, 5.41) is 6.00. The molecule has 0 radical (unpaired) electrons. The zero-order valence-electron chi connectivity index (χ0n) is 16.0. The number of benzene rings is 2. The van der Waals surface area contributed by atoms with Crippen molar-refractivity contribution in [3.63, 3.8) is 0 Å². The number of nitrogens with zero attached hydrogens (tertiary/aromatic N) is 1. The second kappa shape index (κ2) is 8.82. The highest BCUT2D eigenvalue weighted by molar-refractivity contribution is 5.94. The molecule has 3 rings (SSSR count). The van der Waals surface area contributed by atoms with Crippen molar-refractivity contribution in [3.8, 4) is 0 Å². The van der Waals surface area contributed by atoms with Crippen LogP contribution in [-0.2, 0) is 9.59 Å². The summed E-state index contributed by atoms with van der Waals surface area (Å²) in [4.78, 5) is 27.1. The molecular formula is C22H27N3O2. The maximum Gasteiger partial charge on any atom is 0.238 e. The van der Waals surface area contributed by atoms with Crippen LogP contribution in [0.2, 0.25) is 0 Å². The number of hydrogen-bond donors (Lipinski definition) is 2. The standard InChI is InChI=1S/C22H27N3O2/c1-16-8-6-9-17(2)21(16)24-20(26)15-25-13-7-10-18(14-25)22(27)23-19-11-4-3-5-12-19/h3-6,8-9,11-12,18H,7,10,13-15H2,1-2H3,(H,23,27)(H,24,26). The van der Waals surface area contributed by atoms with Crippen molar-refractivity contribution < 1.29 is 9.59 Å². The molecule has 0 spiro atoms. The fourth-order valence-corrected chi connectivity index (χ4v) is 3.57. The van der Waals surface area contributed by atoms with Gasteiger partial charge in [0.15, 0.2) is 0 Å². The molecule has 5 nitrogen and oxygen atoms in total. The molecule has 1 aliphatic heterocycles. The third-order valence-electron chi connectivity index (χ3n) is 5.03. The van der Waals surface area contributed by atoms with E-state index < -0.39 is 0 Å². The maximum absolute atomic E-state index is 12.5. The van der Waals surface area contributed by atoms with Gasteiger partial charge in [0, 0.05) is 17.9 Å². The van der Waals surface area contributed by atoms with Gasteiger partial charge in [0.2, 0.25) is 11.8 Å². The lowest BCUT2D eigenvalue weighted by atomic mass is 9.97. The summed E-state index contributed by atoms with van der Waals surface area (Å²) in [5.74, 6) is -0.0930. The van der Waals surface area contributed by atoms with Gasteiger partial charge in [-0.3, -0.25) is 14.5 Å². The summed E-state index contributed by atoms with van der Waals surface area (Å²) in [7, 11) is 0. The van der Waals surface area contributed by atoms with Gasteiger partial charge in [0.1, 0.15) is 0 Å². The predicted octanol–water partition coefficient (Wildman–Crippen LogP) is 3.59. The molecule has 1 fully saturated rings. The van der Waals surface area contributed by atoms with Crippen LogP contribution >= 0.6 is 0 Å². The number of amides is 2. The summed E-state index contributed by atoms with van der Waals surface area (Å²) in [6.45, 7) is 5.75. The Kier molecular flexibility index (Phi) is 6.24. The van der Waals surface area contributed by atoms with E-state index in [1.807, 2.05) is 62.4 Å². The van der Waals surface area contributed by atoms with Crippen molar-refractivity contribution >= 4 is 23.2 Å². The van der Waals surface area contributed by atoms with Crippen LogP contribution in [0.15, 0.2) is 48.5 Å². The van der Waals surface area contributed by atoms with E-state index in [1.54, 1.807) is 0 Å². The molecule has 2 aromatic rings. The molecule has 1 unspecified atom stereocenters. The number of nitrogens with one attached hydrogen (secondary N) is 2. The van der Waals surface area contributed by atoms with Crippen molar-refractivity contribution in [3.05, 3.63) is 59.7 Å². The van der Waals surface area contributed by atoms with Crippen molar-refractivity contribution in [1.82, 2.24) is 4.90 Å². The van der Waals surface area contributed by atoms with Crippen LogP contribution in [0.3, 0.4) is 0 Å². The van der Waals surface area contributed by atoms with Gasteiger partial charge >= 0.3 is 0 Å². The highest BCUT2D eigenvalue weighted by atomic mass is 16.2. The number of carbonyl (C=O) groups excluding carboxylic acids is 2. The molecule has 142 valence electrons. The average molecular weight is 365 g/mol. The zero-order valence-corrected chi connectivity index (χ0v) is 16.0. The molecule has 1 heterocycles. The van der Waals surface area contributed by atoms with E-state index >= 15 is 0 Å². The van der Waals surface area contributed by atoms with Gasteiger partial charge in [-0.15, -0.1) is 0 Å². The third-order valence-corrected chi connectivity index (χ3v) is 5.03. The largest absolute Gasteiger partial charge is 0.326 e. The Balaban J connectivity index is 1.55. The highest BCUT2D eigenvalue weighted by Gasteiger charge is 2.27. The van der Waals surface area contributed by atoms with Gasteiger partial charge in [-0.2, -0.15) is 0 Å². The lowest BCUT2D eigenvalue weighted by molar-refractivity contribution is -0.123. The first-order valence-electron chi connectivity index (χ1n) is 9.47. The third kappa shape index (κ3) is 5.17. The fourth-order valence-electron chi connectivity index (χ4n) is 3.57. The molecule has 1 atom stereocenters.